The van der Waals surface area contributed by atoms with Crippen LogP contribution in [0.2, 0.25) is 0 Å². The second-order valence-electron chi connectivity index (χ2n) is 8.28. The highest BCUT2D eigenvalue weighted by molar-refractivity contribution is 7.89. The third-order valence-electron chi connectivity index (χ3n) is 5.59. The smallest absolute Gasteiger partial charge is 0.240 e. The van der Waals surface area contributed by atoms with Gasteiger partial charge in [0.05, 0.1) is 15.9 Å². The fourth-order valence-corrected chi connectivity index (χ4v) is 5.01. The SMILES string of the molecule is CC(=O)Nc1ccc(S(=O)(=O)NCCC(=O)NC2CCCN(c3nc4ccccc4[nH]3)C2)cc1. The summed E-state index contributed by atoms with van der Waals surface area (Å²) in [5, 5.41) is 5.59. The van der Waals surface area contributed by atoms with Crippen LogP contribution in [0.3, 0.4) is 0 Å². The number of carbonyl (C=O) groups excluding carboxylic acids is 2. The first-order chi connectivity index (χ1) is 16.3. The van der Waals surface area contributed by atoms with Crippen molar-refractivity contribution in [3.63, 3.8) is 0 Å². The highest BCUT2D eigenvalue weighted by atomic mass is 32.2. The van der Waals surface area contributed by atoms with Gasteiger partial charge < -0.3 is 20.5 Å². The number of piperidine rings is 1. The van der Waals surface area contributed by atoms with E-state index in [1.165, 1.54) is 31.2 Å². The zero-order valence-electron chi connectivity index (χ0n) is 18.9. The monoisotopic (exact) mass is 484 g/mol. The molecule has 1 aliphatic rings. The molecule has 2 amide bonds. The lowest BCUT2D eigenvalue weighted by molar-refractivity contribution is -0.121. The number of aromatic nitrogens is 2. The normalized spacial score (nSPS) is 16.4. The number of fused-ring (bicyclic) bond motifs is 1. The molecule has 1 atom stereocenters. The van der Waals surface area contributed by atoms with Crippen LogP contribution in [0.5, 0.6) is 0 Å². The summed E-state index contributed by atoms with van der Waals surface area (Å²) in [4.78, 5) is 33.7. The molecular formula is C23H28N6O4S. The summed E-state index contributed by atoms with van der Waals surface area (Å²) in [6, 6.07) is 13.6. The van der Waals surface area contributed by atoms with Gasteiger partial charge in [0.25, 0.3) is 0 Å². The number of nitrogens with zero attached hydrogens (tertiary/aromatic N) is 2. The third kappa shape index (κ3) is 5.91. The van der Waals surface area contributed by atoms with Gasteiger partial charge in [0.1, 0.15) is 0 Å². The zero-order chi connectivity index (χ0) is 24.1. The molecule has 4 N–H and O–H groups in total. The van der Waals surface area contributed by atoms with E-state index >= 15 is 0 Å². The first-order valence-corrected chi connectivity index (χ1v) is 12.6. The second kappa shape index (κ2) is 10.2. The van der Waals surface area contributed by atoms with Gasteiger partial charge in [-0.2, -0.15) is 0 Å². The molecule has 34 heavy (non-hydrogen) atoms. The molecule has 0 spiro atoms. The van der Waals surface area contributed by atoms with Crippen LogP contribution in [-0.4, -0.2) is 55.9 Å². The Morgan fingerprint density at radius 2 is 1.91 bits per heavy atom. The molecular weight excluding hydrogens is 456 g/mol. The number of hydrogen-bond donors (Lipinski definition) is 4. The number of sulfonamides is 1. The van der Waals surface area contributed by atoms with Crippen LogP contribution >= 0.6 is 0 Å². The number of anilines is 2. The molecule has 3 aromatic rings. The van der Waals surface area contributed by atoms with E-state index in [9.17, 15) is 18.0 Å². The molecule has 11 heteroatoms. The van der Waals surface area contributed by atoms with Crippen LogP contribution in [0.15, 0.2) is 53.4 Å². The van der Waals surface area contributed by atoms with Gasteiger partial charge in [-0.3, -0.25) is 9.59 Å². The number of H-pyrrole nitrogens is 1. The molecule has 1 aromatic heterocycles. The quantitative estimate of drug-likeness (QED) is 0.386. The van der Waals surface area contributed by atoms with E-state index in [4.69, 9.17) is 0 Å². The van der Waals surface area contributed by atoms with Crippen molar-refractivity contribution in [2.75, 3.05) is 29.9 Å². The molecule has 1 saturated heterocycles. The largest absolute Gasteiger partial charge is 0.352 e. The van der Waals surface area contributed by atoms with Crippen LogP contribution < -0.4 is 20.3 Å². The van der Waals surface area contributed by atoms with E-state index in [1.807, 2.05) is 24.3 Å². The van der Waals surface area contributed by atoms with Gasteiger partial charge in [0.15, 0.2) is 0 Å². The summed E-state index contributed by atoms with van der Waals surface area (Å²) in [5.41, 5.74) is 2.39. The summed E-state index contributed by atoms with van der Waals surface area (Å²) in [6.45, 7) is 2.85. The minimum atomic E-state index is -3.76. The molecule has 1 aliphatic heterocycles. The molecule has 1 fully saturated rings. The van der Waals surface area contributed by atoms with Crippen molar-refractivity contribution in [1.29, 1.82) is 0 Å². The Hall–Kier alpha value is -3.44. The maximum atomic E-state index is 12.5. The van der Waals surface area contributed by atoms with Crippen LogP contribution in [0.25, 0.3) is 11.0 Å². The Labute approximate surface area is 198 Å². The summed E-state index contributed by atoms with van der Waals surface area (Å²) in [5.74, 6) is 0.344. The van der Waals surface area contributed by atoms with E-state index in [0.717, 1.165) is 36.4 Å². The molecule has 0 bridgehead atoms. The highest BCUT2D eigenvalue weighted by Crippen LogP contribution is 2.21. The molecule has 2 heterocycles. The summed E-state index contributed by atoms with van der Waals surface area (Å²) in [7, 11) is -3.76. The molecule has 180 valence electrons. The number of aromatic amines is 1. The van der Waals surface area contributed by atoms with Crippen molar-refractivity contribution in [2.24, 2.45) is 0 Å². The highest BCUT2D eigenvalue weighted by Gasteiger charge is 2.23. The van der Waals surface area contributed by atoms with Gasteiger partial charge in [-0.1, -0.05) is 12.1 Å². The fourth-order valence-electron chi connectivity index (χ4n) is 3.98. The number of benzene rings is 2. The maximum Gasteiger partial charge on any atom is 0.240 e. The summed E-state index contributed by atoms with van der Waals surface area (Å²) < 4.78 is 27.4. The number of amides is 2. The summed E-state index contributed by atoms with van der Waals surface area (Å²) >= 11 is 0. The zero-order valence-corrected chi connectivity index (χ0v) is 19.7. The van der Waals surface area contributed by atoms with Crippen LogP contribution in [0, 0.1) is 0 Å². The number of carbonyl (C=O) groups is 2. The number of hydrogen-bond acceptors (Lipinski definition) is 6. The molecule has 10 nitrogen and oxygen atoms in total. The van der Waals surface area contributed by atoms with Crippen molar-refractivity contribution < 1.29 is 18.0 Å². The molecule has 1 unspecified atom stereocenters. The molecule has 0 radical (unpaired) electrons. The lowest BCUT2D eigenvalue weighted by Crippen LogP contribution is -2.48. The standard InChI is InChI=1S/C23H28N6O4S/c1-16(30)25-17-8-10-19(11-9-17)34(32,33)24-13-12-22(31)26-18-5-4-14-29(15-18)23-27-20-6-2-3-7-21(20)28-23/h2-3,6-11,18,24H,4-5,12-15H2,1H3,(H,25,30)(H,26,31)(H,27,28). The van der Waals surface area contributed by atoms with E-state index < -0.39 is 10.0 Å². The van der Waals surface area contributed by atoms with E-state index in [1.54, 1.807) is 0 Å². The minimum Gasteiger partial charge on any atom is -0.352 e. The van der Waals surface area contributed by atoms with Crippen LogP contribution in [0.1, 0.15) is 26.2 Å². The van der Waals surface area contributed by atoms with E-state index in [0.29, 0.717) is 12.2 Å². The van der Waals surface area contributed by atoms with Gasteiger partial charge in [0, 0.05) is 44.7 Å². The minimum absolute atomic E-state index is 0.0123. The maximum absolute atomic E-state index is 12.5. The van der Waals surface area contributed by atoms with Crippen LogP contribution in [0.4, 0.5) is 11.6 Å². The summed E-state index contributed by atoms with van der Waals surface area (Å²) in [6.07, 6.45) is 1.81. The van der Waals surface area contributed by atoms with Crippen molar-refractivity contribution in [2.45, 2.75) is 37.1 Å². The first kappa shape index (κ1) is 23.7. The Kier molecular flexibility index (Phi) is 7.13. The van der Waals surface area contributed by atoms with Gasteiger partial charge in [0.2, 0.25) is 27.8 Å². The average molecular weight is 485 g/mol. The van der Waals surface area contributed by atoms with Gasteiger partial charge in [-0.15, -0.1) is 0 Å². The molecule has 4 rings (SSSR count). The average Bonchev–Trinajstić information content (AvgIpc) is 3.23. The Morgan fingerprint density at radius 1 is 1.15 bits per heavy atom. The number of para-hydroxylation sites is 2. The van der Waals surface area contributed by atoms with E-state index in [2.05, 4.69) is 30.2 Å². The van der Waals surface area contributed by atoms with Crippen molar-refractivity contribution in [1.82, 2.24) is 20.0 Å². The second-order valence-corrected chi connectivity index (χ2v) is 10.1. The topological polar surface area (TPSA) is 136 Å². The van der Waals surface area contributed by atoms with Crippen molar-refractivity contribution in [3.05, 3.63) is 48.5 Å². The lowest BCUT2D eigenvalue weighted by Gasteiger charge is -2.33. The lowest BCUT2D eigenvalue weighted by atomic mass is 10.1. The van der Waals surface area contributed by atoms with Gasteiger partial charge in [-0.05, 0) is 49.2 Å². The molecule has 0 aliphatic carbocycles. The fraction of sp³-hybridized carbons (Fsp3) is 0.348. The first-order valence-electron chi connectivity index (χ1n) is 11.2. The Morgan fingerprint density at radius 3 is 2.65 bits per heavy atom. The van der Waals surface area contributed by atoms with Gasteiger partial charge >= 0.3 is 0 Å². The van der Waals surface area contributed by atoms with E-state index in [-0.39, 0.29) is 35.7 Å². The number of rotatable bonds is 8. The van der Waals surface area contributed by atoms with Crippen molar-refractivity contribution in [3.8, 4) is 0 Å². The predicted octanol–water partition coefficient (Wildman–Crippen LogP) is 1.97. The molecule has 2 aromatic carbocycles. The van der Waals surface area contributed by atoms with Gasteiger partial charge in [-0.25, -0.2) is 18.1 Å². The predicted molar refractivity (Wildman–Crippen MR) is 130 cm³/mol. The Bertz CT molecular complexity index is 1240. The third-order valence-corrected chi connectivity index (χ3v) is 7.07. The van der Waals surface area contributed by atoms with Crippen LogP contribution in [-0.2, 0) is 19.6 Å². The number of nitrogens with one attached hydrogen (secondary N) is 4. The van der Waals surface area contributed by atoms with Crippen molar-refractivity contribution >= 4 is 44.5 Å². The molecule has 0 saturated carbocycles. The number of imidazole rings is 1. The Balaban J connectivity index is 1.26.